The number of hydrogen-bond donors (Lipinski definition) is 2. The number of anilines is 1. The highest BCUT2D eigenvalue weighted by atomic mass is 16.2. The van der Waals surface area contributed by atoms with E-state index < -0.39 is 5.41 Å². The molecule has 80 valence electrons. The zero-order chi connectivity index (χ0) is 11.5. The molecule has 0 saturated carbocycles. The molecule has 2 N–H and O–H groups in total. The molecule has 0 saturated heterocycles. The fraction of sp³-hybridized carbons (Fsp3) is 0.364. The highest BCUT2D eigenvalue weighted by Gasteiger charge is 2.20. The van der Waals surface area contributed by atoms with Gasteiger partial charge in [-0.3, -0.25) is 4.79 Å². The van der Waals surface area contributed by atoms with Crippen molar-refractivity contribution in [3.05, 3.63) is 24.3 Å². The van der Waals surface area contributed by atoms with Crippen LogP contribution in [0, 0.1) is 10.9 Å². The summed E-state index contributed by atoms with van der Waals surface area (Å²) in [6.45, 7) is 5.57. The van der Waals surface area contributed by atoms with Crippen molar-refractivity contribution in [2.45, 2.75) is 20.8 Å². The van der Waals surface area contributed by atoms with Crippen LogP contribution >= 0.6 is 0 Å². The van der Waals surface area contributed by atoms with Crippen LogP contribution < -0.4 is 5.32 Å². The van der Waals surface area contributed by atoms with E-state index >= 15 is 0 Å². The second-order valence-corrected chi connectivity index (χ2v) is 4.36. The van der Waals surface area contributed by atoms with E-state index in [0.29, 0.717) is 5.69 Å². The summed E-state index contributed by atoms with van der Waals surface area (Å²) >= 11 is 0. The lowest BCUT2D eigenvalue weighted by atomic mass is 9.95. The smallest absolute Gasteiger partial charge is 0.229 e. The maximum atomic E-state index is 11.6. The second-order valence-electron chi connectivity index (χ2n) is 4.36. The van der Waals surface area contributed by atoms with Gasteiger partial charge in [0.05, 0.1) is 5.69 Å². The quantitative estimate of drug-likeness (QED) is 0.714. The van der Waals surface area contributed by atoms with Crippen LogP contribution in [0.1, 0.15) is 20.8 Å². The van der Waals surface area contributed by atoms with Crippen molar-refractivity contribution in [3.8, 4) is 0 Å². The number of hydrogen-bond acceptors (Lipinski definition) is 3. The van der Waals surface area contributed by atoms with E-state index in [9.17, 15) is 4.79 Å². The van der Waals surface area contributed by atoms with Crippen LogP contribution in [0.15, 0.2) is 29.4 Å². The molecule has 1 aromatic rings. The molecule has 0 aliphatic carbocycles. The fourth-order valence-corrected chi connectivity index (χ4v) is 0.938. The molecule has 4 nitrogen and oxygen atoms in total. The Balaban J connectivity index is 2.74. The average molecular weight is 205 g/mol. The average Bonchev–Trinajstić information content (AvgIpc) is 2.17. The lowest BCUT2D eigenvalue weighted by Crippen LogP contribution is -2.27. The predicted molar refractivity (Wildman–Crippen MR) is 59.3 cm³/mol. The van der Waals surface area contributed by atoms with Gasteiger partial charge in [-0.15, -0.1) is 0 Å². The van der Waals surface area contributed by atoms with Crippen molar-refractivity contribution < 1.29 is 4.79 Å². The number of nitrogens with one attached hydrogen (secondary N) is 2. The third-order valence-corrected chi connectivity index (χ3v) is 1.94. The van der Waals surface area contributed by atoms with Crippen LogP contribution in [-0.4, -0.2) is 5.91 Å². The van der Waals surface area contributed by atoms with Crippen LogP contribution in [0.3, 0.4) is 0 Å². The Labute approximate surface area is 89.2 Å². The molecular weight excluding hydrogens is 190 g/mol. The van der Waals surface area contributed by atoms with E-state index in [4.69, 9.17) is 5.53 Å². The molecule has 0 heterocycles. The molecule has 0 aromatic heterocycles. The SMILES string of the molecule is CC(C)(C)C(=O)Nc1ccc(N=N)cc1. The van der Waals surface area contributed by atoms with Crippen molar-refractivity contribution >= 4 is 17.3 Å². The van der Waals surface area contributed by atoms with Gasteiger partial charge in [0.1, 0.15) is 0 Å². The summed E-state index contributed by atoms with van der Waals surface area (Å²) in [6, 6.07) is 6.84. The summed E-state index contributed by atoms with van der Waals surface area (Å²) in [4.78, 5) is 11.6. The van der Waals surface area contributed by atoms with Gasteiger partial charge in [0.15, 0.2) is 0 Å². The largest absolute Gasteiger partial charge is 0.326 e. The number of nitrogens with zero attached hydrogens (tertiary/aromatic N) is 1. The Bertz CT molecular complexity index is 362. The first kappa shape index (κ1) is 11.4. The van der Waals surface area contributed by atoms with Crippen molar-refractivity contribution in [1.29, 1.82) is 5.53 Å². The van der Waals surface area contributed by atoms with Gasteiger partial charge >= 0.3 is 0 Å². The molecule has 15 heavy (non-hydrogen) atoms. The number of carbonyl (C=O) groups excluding carboxylic acids is 1. The number of amides is 1. The van der Waals surface area contributed by atoms with E-state index in [1.54, 1.807) is 24.3 Å². The monoisotopic (exact) mass is 205 g/mol. The summed E-state index contributed by atoms with van der Waals surface area (Å²) in [7, 11) is 0. The van der Waals surface area contributed by atoms with E-state index in [-0.39, 0.29) is 5.91 Å². The first-order chi connectivity index (χ1) is 6.93. The maximum absolute atomic E-state index is 11.6. The van der Waals surface area contributed by atoms with E-state index in [0.717, 1.165) is 5.69 Å². The molecule has 0 spiro atoms. The first-order valence-corrected chi connectivity index (χ1v) is 4.72. The zero-order valence-electron chi connectivity index (χ0n) is 9.16. The summed E-state index contributed by atoms with van der Waals surface area (Å²) in [6.07, 6.45) is 0. The number of carbonyl (C=O) groups is 1. The number of benzene rings is 1. The van der Waals surface area contributed by atoms with Crippen LogP contribution in [0.2, 0.25) is 0 Å². The Hall–Kier alpha value is -1.71. The van der Waals surface area contributed by atoms with Gasteiger partial charge in [0.25, 0.3) is 0 Å². The topological polar surface area (TPSA) is 65.3 Å². The van der Waals surface area contributed by atoms with Crippen molar-refractivity contribution in [2.24, 2.45) is 10.5 Å². The Morgan fingerprint density at radius 2 is 1.80 bits per heavy atom. The van der Waals surface area contributed by atoms with Gasteiger partial charge in [-0.05, 0) is 24.3 Å². The van der Waals surface area contributed by atoms with Crippen molar-refractivity contribution in [2.75, 3.05) is 5.32 Å². The Morgan fingerprint density at radius 1 is 1.27 bits per heavy atom. The molecule has 1 rings (SSSR count). The van der Waals surface area contributed by atoms with Gasteiger partial charge in [0.2, 0.25) is 5.91 Å². The van der Waals surface area contributed by atoms with Gasteiger partial charge < -0.3 is 5.32 Å². The summed E-state index contributed by atoms with van der Waals surface area (Å²) < 4.78 is 0. The standard InChI is InChI=1S/C11H15N3O/c1-11(2,3)10(15)13-8-4-6-9(14-12)7-5-8/h4-7,12H,1-3H3,(H,13,15). The second kappa shape index (κ2) is 4.21. The minimum Gasteiger partial charge on any atom is -0.326 e. The van der Waals surface area contributed by atoms with E-state index in [1.165, 1.54) is 0 Å². The van der Waals surface area contributed by atoms with Crippen LogP contribution in [0.25, 0.3) is 0 Å². The van der Waals surface area contributed by atoms with Gasteiger partial charge in [0, 0.05) is 11.1 Å². The minimum absolute atomic E-state index is 0.0296. The molecule has 0 radical (unpaired) electrons. The lowest BCUT2D eigenvalue weighted by molar-refractivity contribution is -0.123. The molecule has 0 aliphatic rings. The van der Waals surface area contributed by atoms with E-state index in [1.807, 2.05) is 20.8 Å². The predicted octanol–water partition coefficient (Wildman–Crippen LogP) is 3.33. The zero-order valence-corrected chi connectivity index (χ0v) is 9.16. The highest BCUT2D eigenvalue weighted by molar-refractivity contribution is 5.94. The van der Waals surface area contributed by atoms with Gasteiger partial charge in [-0.2, -0.15) is 5.11 Å². The van der Waals surface area contributed by atoms with E-state index in [2.05, 4.69) is 10.4 Å². The first-order valence-electron chi connectivity index (χ1n) is 4.72. The Morgan fingerprint density at radius 3 is 2.20 bits per heavy atom. The van der Waals surface area contributed by atoms with Gasteiger partial charge in [-0.1, -0.05) is 20.8 Å². The maximum Gasteiger partial charge on any atom is 0.229 e. The van der Waals surface area contributed by atoms with Crippen LogP contribution in [-0.2, 0) is 4.79 Å². The third kappa shape index (κ3) is 3.16. The molecule has 4 heteroatoms. The molecule has 0 unspecified atom stereocenters. The molecule has 0 aliphatic heterocycles. The Kier molecular flexibility index (Phi) is 3.19. The lowest BCUT2D eigenvalue weighted by Gasteiger charge is -2.17. The normalized spacial score (nSPS) is 10.9. The molecule has 0 atom stereocenters. The summed E-state index contributed by atoms with van der Waals surface area (Å²) in [5.41, 5.74) is 7.69. The van der Waals surface area contributed by atoms with Crippen LogP contribution in [0.5, 0.6) is 0 Å². The van der Waals surface area contributed by atoms with Crippen molar-refractivity contribution in [1.82, 2.24) is 0 Å². The number of rotatable bonds is 2. The van der Waals surface area contributed by atoms with Gasteiger partial charge in [-0.25, -0.2) is 5.53 Å². The third-order valence-electron chi connectivity index (χ3n) is 1.94. The van der Waals surface area contributed by atoms with Crippen molar-refractivity contribution in [3.63, 3.8) is 0 Å². The minimum atomic E-state index is -0.404. The van der Waals surface area contributed by atoms with Crippen LogP contribution in [0.4, 0.5) is 11.4 Å². The fourth-order valence-electron chi connectivity index (χ4n) is 0.938. The highest BCUT2D eigenvalue weighted by Crippen LogP contribution is 2.19. The molecule has 1 amide bonds. The molecule has 0 fully saturated rings. The molecular formula is C11H15N3O. The summed E-state index contributed by atoms with van der Waals surface area (Å²) in [5, 5.41) is 6.07. The molecule has 0 bridgehead atoms. The summed E-state index contributed by atoms with van der Waals surface area (Å²) in [5.74, 6) is -0.0296. The molecule has 1 aromatic carbocycles.